The number of methoxy groups -OCH3 is 1. The lowest BCUT2D eigenvalue weighted by Gasteiger charge is -2.14. The highest BCUT2D eigenvalue weighted by atomic mass is 16.5. The van der Waals surface area contributed by atoms with Crippen molar-refractivity contribution in [2.75, 3.05) is 12.1 Å². The summed E-state index contributed by atoms with van der Waals surface area (Å²) in [6.45, 7) is 0. The number of carbonyl (C=O) groups is 1. The topological polar surface area (TPSA) is 41.9 Å². The van der Waals surface area contributed by atoms with Gasteiger partial charge in [0.15, 0.2) is 0 Å². The Hall–Kier alpha value is -2.62. The fourth-order valence-electron chi connectivity index (χ4n) is 2.19. The van der Waals surface area contributed by atoms with Gasteiger partial charge in [-0.1, -0.05) is 30.3 Å². The van der Waals surface area contributed by atoms with Crippen LogP contribution in [0.5, 0.6) is 5.75 Å². The molecular weight excluding hydrogens is 252 g/mol. The molecule has 0 aromatic heterocycles. The van der Waals surface area contributed by atoms with Crippen LogP contribution in [0.25, 0.3) is 0 Å². The Morgan fingerprint density at radius 2 is 1.75 bits per heavy atom. The number of hydrazone groups is 1. The normalized spacial score (nSPS) is 17.6. The molecule has 1 aliphatic rings. The first kappa shape index (κ1) is 12.4. The van der Waals surface area contributed by atoms with Crippen molar-refractivity contribution >= 4 is 17.8 Å². The summed E-state index contributed by atoms with van der Waals surface area (Å²) in [6.07, 6.45) is 1.68. The maximum absolute atomic E-state index is 12.4. The van der Waals surface area contributed by atoms with Gasteiger partial charge in [0, 0.05) is 6.21 Å². The third-order valence-electron chi connectivity index (χ3n) is 3.28. The van der Waals surface area contributed by atoms with Gasteiger partial charge in [0.1, 0.15) is 11.7 Å². The largest absolute Gasteiger partial charge is 0.497 e. The SMILES string of the molecule is COc1ccc([C@@H]2C=NN(c3ccccc3)C2=O)cc1. The number of nitrogens with zero attached hydrogens (tertiary/aromatic N) is 2. The van der Waals surface area contributed by atoms with Crippen molar-refractivity contribution in [1.29, 1.82) is 0 Å². The zero-order valence-electron chi connectivity index (χ0n) is 11.1. The molecule has 4 heteroatoms. The highest BCUT2D eigenvalue weighted by Gasteiger charge is 2.30. The number of hydrogen-bond acceptors (Lipinski definition) is 3. The van der Waals surface area contributed by atoms with Gasteiger partial charge < -0.3 is 4.74 Å². The van der Waals surface area contributed by atoms with Crippen LogP contribution in [-0.2, 0) is 4.79 Å². The van der Waals surface area contributed by atoms with Crippen molar-refractivity contribution in [1.82, 2.24) is 0 Å². The van der Waals surface area contributed by atoms with Gasteiger partial charge in [0.25, 0.3) is 5.91 Å². The standard InChI is InChI=1S/C16H14N2O2/c1-20-14-9-7-12(8-10-14)15-11-17-18(16(15)19)13-5-3-2-4-6-13/h2-11,15H,1H3/t15-/m0/s1. The number of amides is 1. The lowest BCUT2D eigenvalue weighted by atomic mass is 10.00. The molecular formula is C16H14N2O2. The van der Waals surface area contributed by atoms with Crippen LogP contribution in [-0.4, -0.2) is 19.2 Å². The van der Waals surface area contributed by atoms with Crippen LogP contribution < -0.4 is 9.75 Å². The molecule has 0 spiro atoms. The van der Waals surface area contributed by atoms with Gasteiger partial charge in [-0.3, -0.25) is 4.79 Å². The van der Waals surface area contributed by atoms with E-state index in [1.54, 1.807) is 13.3 Å². The minimum atomic E-state index is -0.332. The lowest BCUT2D eigenvalue weighted by molar-refractivity contribution is -0.118. The predicted octanol–water partition coefficient (Wildman–Crippen LogP) is 2.81. The first-order valence-electron chi connectivity index (χ1n) is 6.36. The van der Waals surface area contributed by atoms with E-state index in [2.05, 4.69) is 5.10 Å². The van der Waals surface area contributed by atoms with Gasteiger partial charge in [-0.15, -0.1) is 0 Å². The number of anilines is 1. The Balaban J connectivity index is 1.84. The minimum Gasteiger partial charge on any atom is -0.497 e. The predicted molar refractivity (Wildman–Crippen MR) is 78.2 cm³/mol. The van der Waals surface area contributed by atoms with E-state index < -0.39 is 0 Å². The van der Waals surface area contributed by atoms with E-state index in [-0.39, 0.29) is 11.8 Å². The zero-order chi connectivity index (χ0) is 13.9. The highest BCUT2D eigenvalue weighted by molar-refractivity contribution is 6.12. The molecule has 3 rings (SSSR count). The smallest absolute Gasteiger partial charge is 0.260 e. The Morgan fingerprint density at radius 3 is 2.40 bits per heavy atom. The quantitative estimate of drug-likeness (QED) is 0.857. The first-order chi connectivity index (χ1) is 9.79. The summed E-state index contributed by atoms with van der Waals surface area (Å²) in [5.41, 5.74) is 1.70. The Morgan fingerprint density at radius 1 is 1.05 bits per heavy atom. The van der Waals surface area contributed by atoms with Crippen LogP contribution in [0, 0.1) is 0 Å². The number of benzene rings is 2. The summed E-state index contributed by atoms with van der Waals surface area (Å²) < 4.78 is 5.12. The van der Waals surface area contributed by atoms with Gasteiger partial charge >= 0.3 is 0 Å². The lowest BCUT2D eigenvalue weighted by Crippen LogP contribution is -2.24. The molecule has 0 unspecified atom stereocenters. The van der Waals surface area contributed by atoms with Gasteiger partial charge in [-0.2, -0.15) is 5.10 Å². The maximum atomic E-state index is 12.4. The van der Waals surface area contributed by atoms with Crippen molar-refractivity contribution in [3.8, 4) is 5.75 Å². The maximum Gasteiger partial charge on any atom is 0.260 e. The van der Waals surface area contributed by atoms with E-state index >= 15 is 0 Å². The number of carbonyl (C=O) groups excluding carboxylic acids is 1. The van der Waals surface area contributed by atoms with Crippen molar-refractivity contribution in [3.63, 3.8) is 0 Å². The van der Waals surface area contributed by atoms with E-state index in [0.717, 1.165) is 17.0 Å². The molecule has 0 N–H and O–H groups in total. The molecule has 0 bridgehead atoms. The van der Waals surface area contributed by atoms with E-state index in [9.17, 15) is 4.79 Å². The Kier molecular flexibility index (Phi) is 3.21. The Labute approximate surface area is 117 Å². The van der Waals surface area contributed by atoms with Crippen molar-refractivity contribution in [3.05, 3.63) is 60.2 Å². The molecule has 2 aromatic rings. The molecule has 100 valence electrons. The Bertz CT molecular complexity index is 635. The highest BCUT2D eigenvalue weighted by Crippen LogP contribution is 2.27. The first-order valence-corrected chi connectivity index (χ1v) is 6.36. The van der Waals surface area contributed by atoms with E-state index in [1.807, 2.05) is 54.6 Å². The molecule has 0 aliphatic carbocycles. The average molecular weight is 266 g/mol. The molecule has 0 fully saturated rings. The second kappa shape index (κ2) is 5.17. The number of ether oxygens (including phenoxy) is 1. The fourth-order valence-corrected chi connectivity index (χ4v) is 2.19. The molecule has 4 nitrogen and oxygen atoms in total. The third-order valence-corrected chi connectivity index (χ3v) is 3.28. The third kappa shape index (κ3) is 2.16. The molecule has 20 heavy (non-hydrogen) atoms. The average Bonchev–Trinajstić information content (AvgIpc) is 2.90. The van der Waals surface area contributed by atoms with Gasteiger partial charge in [-0.25, -0.2) is 5.01 Å². The molecule has 0 saturated carbocycles. The van der Waals surface area contributed by atoms with Crippen LogP contribution in [0.1, 0.15) is 11.5 Å². The fraction of sp³-hybridized carbons (Fsp3) is 0.125. The summed E-state index contributed by atoms with van der Waals surface area (Å²) in [5.74, 6) is 0.401. The van der Waals surface area contributed by atoms with Gasteiger partial charge in [0.2, 0.25) is 0 Å². The summed E-state index contributed by atoms with van der Waals surface area (Å²) in [5, 5.41) is 5.65. The van der Waals surface area contributed by atoms with Crippen LogP contribution in [0.2, 0.25) is 0 Å². The molecule has 1 atom stereocenters. The molecule has 1 aliphatic heterocycles. The van der Waals surface area contributed by atoms with Gasteiger partial charge in [0.05, 0.1) is 12.8 Å². The van der Waals surface area contributed by atoms with Crippen LogP contribution in [0.3, 0.4) is 0 Å². The van der Waals surface area contributed by atoms with Crippen LogP contribution in [0.4, 0.5) is 5.69 Å². The molecule has 2 aromatic carbocycles. The second-order valence-corrected chi connectivity index (χ2v) is 4.50. The van der Waals surface area contributed by atoms with Gasteiger partial charge in [-0.05, 0) is 29.8 Å². The van der Waals surface area contributed by atoms with Crippen molar-refractivity contribution in [2.24, 2.45) is 5.10 Å². The van der Waals surface area contributed by atoms with E-state index in [4.69, 9.17) is 4.74 Å². The summed E-state index contributed by atoms with van der Waals surface area (Å²) in [4.78, 5) is 12.4. The van der Waals surface area contributed by atoms with Crippen molar-refractivity contribution < 1.29 is 9.53 Å². The van der Waals surface area contributed by atoms with Crippen LogP contribution in [0.15, 0.2) is 59.7 Å². The molecule has 0 radical (unpaired) electrons. The molecule has 1 heterocycles. The number of hydrogen-bond donors (Lipinski definition) is 0. The molecule has 0 saturated heterocycles. The minimum absolute atomic E-state index is 0.0404. The second-order valence-electron chi connectivity index (χ2n) is 4.50. The summed E-state index contributed by atoms with van der Waals surface area (Å²) in [7, 11) is 1.62. The monoisotopic (exact) mass is 266 g/mol. The van der Waals surface area contributed by atoms with E-state index in [0.29, 0.717) is 0 Å². The number of para-hydroxylation sites is 1. The molecule has 1 amide bonds. The van der Waals surface area contributed by atoms with Crippen molar-refractivity contribution in [2.45, 2.75) is 5.92 Å². The van der Waals surface area contributed by atoms with E-state index in [1.165, 1.54) is 5.01 Å². The van der Waals surface area contributed by atoms with Crippen LogP contribution >= 0.6 is 0 Å². The summed E-state index contributed by atoms with van der Waals surface area (Å²) in [6, 6.07) is 16.9. The zero-order valence-corrected chi connectivity index (χ0v) is 11.1. The summed E-state index contributed by atoms with van der Waals surface area (Å²) >= 11 is 0. The number of rotatable bonds is 3.